The number of hydrogen-bond donors (Lipinski definition) is 2. The number of nitrogens with zero attached hydrogens (tertiary/aromatic N) is 2. The lowest BCUT2D eigenvalue weighted by molar-refractivity contribution is -0.113. The van der Waals surface area contributed by atoms with Gasteiger partial charge in [0.15, 0.2) is 5.16 Å². The van der Waals surface area contributed by atoms with E-state index in [4.69, 9.17) is 10.00 Å². The zero-order valence-electron chi connectivity index (χ0n) is 16.8. The molecule has 0 bridgehead atoms. The molecule has 158 valence electrons. The Bertz CT molecular complexity index is 1070. The Morgan fingerprint density at radius 2 is 2.10 bits per heavy atom. The second-order valence-electron chi connectivity index (χ2n) is 6.63. The number of carbonyl (C=O) groups is 2. The first-order chi connectivity index (χ1) is 14.5. The van der Waals surface area contributed by atoms with Gasteiger partial charge in [-0.25, -0.2) is 9.78 Å². The van der Waals surface area contributed by atoms with Crippen LogP contribution in [0, 0.1) is 11.3 Å². The van der Waals surface area contributed by atoms with Gasteiger partial charge >= 0.3 is 5.97 Å². The number of H-pyrrole nitrogens is 1. The summed E-state index contributed by atoms with van der Waals surface area (Å²) in [5, 5.41) is 12.7. The molecule has 1 aliphatic rings. The van der Waals surface area contributed by atoms with Crippen LogP contribution < -0.4 is 10.9 Å². The summed E-state index contributed by atoms with van der Waals surface area (Å²) in [5.74, 6) is -0.720. The standard InChI is InChI=1S/C20H22N4O4S2/c1-3-13-12(9-21)17(26)24-20(22-13)29-10-15(25)23-18-16(19(27)28-4-2)11-7-5-6-8-14(11)30-18/h3-8,10H2,1-2H3,(H,23,25)(H,22,24,26). The molecule has 0 aliphatic heterocycles. The molecule has 0 radical (unpaired) electrons. The maximum atomic E-state index is 12.5. The fourth-order valence-corrected chi connectivity index (χ4v) is 5.28. The summed E-state index contributed by atoms with van der Waals surface area (Å²) < 4.78 is 5.20. The third-order valence-corrected chi connectivity index (χ3v) is 6.74. The molecule has 10 heteroatoms. The van der Waals surface area contributed by atoms with Gasteiger partial charge in [-0.2, -0.15) is 5.26 Å². The van der Waals surface area contributed by atoms with Gasteiger partial charge in [0.2, 0.25) is 5.91 Å². The molecule has 2 aromatic rings. The molecule has 2 aromatic heterocycles. The van der Waals surface area contributed by atoms with Crippen molar-refractivity contribution in [1.29, 1.82) is 5.26 Å². The summed E-state index contributed by atoms with van der Waals surface area (Å²) in [7, 11) is 0. The molecule has 0 atom stereocenters. The highest BCUT2D eigenvalue weighted by Gasteiger charge is 2.27. The second-order valence-corrected chi connectivity index (χ2v) is 8.70. The van der Waals surface area contributed by atoms with E-state index in [1.807, 2.05) is 6.07 Å². The minimum absolute atomic E-state index is 0.00280. The average Bonchev–Trinajstić information content (AvgIpc) is 3.09. The molecule has 0 unspecified atom stereocenters. The number of amides is 1. The number of esters is 1. The van der Waals surface area contributed by atoms with Crippen molar-refractivity contribution in [2.45, 2.75) is 51.1 Å². The number of anilines is 1. The van der Waals surface area contributed by atoms with Crippen LogP contribution in [0.1, 0.15) is 58.7 Å². The monoisotopic (exact) mass is 446 g/mol. The number of fused-ring (bicyclic) bond motifs is 1. The van der Waals surface area contributed by atoms with Crippen LogP contribution in [0.2, 0.25) is 0 Å². The molecule has 8 nitrogen and oxygen atoms in total. The predicted octanol–water partition coefficient (Wildman–Crippen LogP) is 3.05. The lowest BCUT2D eigenvalue weighted by Gasteiger charge is -2.12. The van der Waals surface area contributed by atoms with Gasteiger partial charge in [-0.3, -0.25) is 9.59 Å². The molecule has 2 heterocycles. The van der Waals surface area contributed by atoms with E-state index in [0.717, 1.165) is 47.9 Å². The maximum Gasteiger partial charge on any atom is 0.341 e. The molecular formula is C20H22N4O4S2. The smallest absolute Gasteiger partial charge is 0.341 e. The third kappa shape index (κ3) is 4.74. The molecule has 0 fully saturated rings. The Labute approximate surface area is 182 Å². The molecule has 2 N–H and O–H groups in total. The van der Waals surface area contributed by atoms with E-state index in [1.165, 1.54) is 11.3 Å². The molecule has 0 aromatic carbocycles. The van der Waals surface area contributed by atoms with E-state index in [0.29, 0.717) is 22.7 Å². The topological polar surface area (TPSA) is 125 Å². The van der Waals surface area contributed by atoms with Crippen molar-refractivity contribution in [3.05, 3.63) is 37.6 Å². The average molecular weight is 447 g/mol. The number of aromatic amines is 1. The number of carbonyl (C=O) groups excluding carboxylic acids is 2. The number of ether oxygens (including phenoxy) is 1. The highest BCUT2D eigenvalue weighted by atomic mass is 32.2. The summed E-state index contributed by atoms with van der Waals surface area (Å²) in [4.78, 5) is 44.9. The fourth-order valence-electron chi connectivity index (χ4n) is 3.31. The molecule has 0 saturated heterocycles. The number of thiophene rings is 1. The van der Waals surface area contributed by atoms with Crippen molar-refractivity contribution < 1.29 is 14.3 Å². The highest BCUT2D eigenvalue weighted by Crippen LogP contribution is 2.38. The minimum Gasteiger partial charge on any atom is -0.462 e. The number of thioether (sulfide) groups is 1. The SMILES string of the molecule is CCOC(=O)c1c(NC(=O)CSc2nc(CC)c(C#N)c(=O)[nH]2)sc2c1CCCC2. The van der Waals surface area contributed by atoms with Crippen LogP contribution in [0.5, 0.6) is 0 Å². The van der Waals surface area contributed by atoms with Gasteiger partial charge in [-0.15, -0.1) is 11.3 Å². The lowest BCUT2D eigenvalue weighted by Crippen LogP contribution is -2.19. The number of aromatic nitrogens is 2. The van der Waals surface area contributed by atoms with Crippen LogP contribution >= 0.6 is 23.1 Å². The molecule has 30 heavy (non-hydrogen) atoms. The number of nitrogens with one attached hydrogen (secondary N) is 2. The van der Waals surface area contributed by atoms with Crippen LogP contribution in [0.25, 0.3) is 0 Å². The van der Waals surface area contributed by atoms with Crippen molar-refractivity contribution in [3.8, 4) is 6.07 Å². The van der Waals surface area contributed by atoms with Gasteiger partial charge in [0.25, 0.3) is 5.56 Å². The normalized spacial score (nSPS) is 12.7. The van der Waals surface area contributed by atoms with Crippen molar-refractivity contribution >= 4 is 40.0 Å². The Hall–Kier alpha value is -2.64. The predicted molar refractivity (Wildman–Crippen MR) is 115 cm³/mol. The third-order valence-electron chi connectivity index (χ3n) is 4.66. The summed E-state index contributed by atoms with van der Waals surface area (Å²) in [5.41, 5.74) is 1.34. The molecule has 0 spiro atoms. The van der Waals surface area contributed by atoms with Crippen molar-refractivity contribution in [3.63, 3.8) is 0 Å². The second kappa shape index (κ2) is 9.91. The zero-order valence-corrected chi connectivity index (χ0v) is 18.4. The first kappa shape index (κ1) is 22.1. The van der Waals surface area contributed by atoms with Gasteiger partial charge in [0.1, 0.15) is 16.6 Å². The summed E-state index contributed by atoms with van der Waals surface area (Å²) in [6.45, 7) is 3.82. The van der Waals surface area contributed by atoms with Crippen LogP contribution in [0.3, 0.4) is 0 Å². The van der Waals surface area contributed by atoms with E-state index in [9.17, 15) is 14.4 Å². The number of aryl methyl sites for hydroxylation is 2. The molecular weight excluding hydrogens is 424 g/mol. The minimum atomic E-state index is -0.511. The zero-order chi connectivity index (χ0) is 21.7. The van der Waals surface area contributed by atoms with Crippen molar-refractivity contribution in [1.82, 2.24) is 9.97 Å². The fraction of sp³-hybridized carbons (Fsp3) is 0.450. The van der Waals surface area contributed by atoms with Crippen LogP contribution in [-0.4, -0.2) is 34.2 Å². The van der Waals surface area contributed by atoms with Gasteiger partial charge in [0, 0.05) is 4.88 Å². The molecule has 1 aliphatic carbocycles. The van der Waals surface area contributed by atoms with Crippen molar-refractivity contribution in [2.75, 3.05) is 17.7 Å². The van der Waals surface area contributed by atoms with E-state index in [1.54, 1.807) is 13.8 Å². The van der Waals surface area contributed by atoms with Crippen LogP contribution in [-0.2, 0) is 28.8 Å². The summed E-state index contributed by atoms with van der Waals surface area (Å²) >= 11 is 2.50. The van der Waals surface area contributed by atoms with E-state index >= 15 is 0 Å². The number of rotatable bonds is 7. The first-order valence-corrected chi connectivity index (χ1v) is 11.6. The Balaban J connectivity index is 1.75. The Kier molecular flexibility index (Phi) is 7.29. The van der Waals surface area contributed by atoms with Gasteiger partial charge in [-0.05, 0) is 44.6 Å². The van der Waals surface area contributed by atoms with E-state index in [-0.39, 0.29) is 29.0 Å². The maximum absolute atomic E-state index is 12.5. The summed E-state index contributed by atoms with van der Waals surface area (Å²) in [6, 6.07) is 1.85. The van der Waals surface area contributed by atoms with Crippen LogP contribution in [0.15, 0.2) is 9.95 Å². The van der Waals surface area contributed by atoms with E-state index in [2.05, 4.69) is 15.3 Å². The van der Waals surface area contributed by atoms with Crippen LogP contribution in [0.4, 0.5) is 5.00 Å². The molecule has 1 amide bonds. The quantitative estimate of drug-likeness (QED) is 0.380. The highest BCUT2D eigenvalue weighted by molar-refractivity contribution is 7.99. The molecule has 3 rings (SSSR count). The van der Waals surface area contributed by atoms with Gasteiger partial charge < -0.3 is 15.0 Å². The van der Waals surface area contributed by atoms with Crippen molar-refractivity contribution in [2.24, 2.45) is 0 Å². The summed E-state index contributed by atoms with van der Waals surface area (Å²) in [6.07, 6.45) is 4.22. The lowest BCUT2D eigenvalue weighted by atomic mass is 9.95. The van der Waals surface area contributed by atoms with E-state index < -0.39 is 11.5 Å². The number of nitriles is 1. The van der Waals surface area contributed by atoms with Gasteiger partial charge in [0.05, 0.1) is 23.6 Å². The Morgan fingerprint density at radius 1 is 1.33 bits per heavy atom. The van der Waals surface area contributed by atoms with Gasteiger partial charge in [-0.1, -0.05) is 18.7 Å². The first-order valence-electron chi connectivity index (χ1n) is 9.76. The Morgan fingerprint density at radius 3 is 2.80 bits per heavy atom. The number of hydrogen-bond acceptors (Lipinski definition) is 8. The largest absolute Gasteiger partial charge is 0.462 e. The molecule has 0 saturated carbocycles.